The van der Waals surface area contributed by atoms with Gasteiger partial charge in [-0.2, -0.15) is 0 Å². The fourth-order valence-corrected chi connectivity index (χ4v) is 1.76. The Labute approximate surface area is 123 Å². The minimum absolute atomic E-state index is 0.249. The van der Waals surface area contributed by atoms with Gasteiger partial charge in [0.1, 0.15) is 11.5 Å². The van der Waals surface area contributed by atoms with Gasteiger partial charge in [-0.1, -0.05) is 12.1 Å². The highest BCUT2D eigenvalue weighted by molar-refractivity contribution is 5.57. The predicted molar refractivity (Wildman–Crippen MR) is 81.1 cm³/mol. The molecule has 0 aliphatic carbocycles. The monoisotopic (exact) mass is 289 g/mol. The molecule has 2 rings (SSSR count). The summed E-state index contributed by atoms with van der Waals surface area (Å²) in [6.07, 6.45) is -0.806. The Hall–Kier alpha value is -2.24. The zero-order chi connectivity index (χ0) is 15.1. The van der Waals surface area contributed by atoms with Crippen LogP contribution in [0.25, 0.3) is 0 Å². The van der Waals surface area contributed by atoms with Crippen molar-refractivity contribution in [2.75, 3.05) is 25.6 Å². The number of aliphatic hydroxyl groups excluding tert-OH is 2. The van der Waals surface area contributed by atoms with Crippen molar-refractivity contribution < 1.29 is 19.7 Å². The van der Waals surface area contributed by atoms with E-state index in [2.05, 4.69) is 5.32 Å². The minimum Gasteiger partial charge on any atom is -0.497 e. The van der Waals surface area contributed by atoms with Gasteiger partial charge in [0.15, 0.2) is 5.75 Å². The van der Waals surface area contributed by atoms with E-state index in [1.165, 1.54) is 0 Å². The molecule has 1 atom stereocenters. The summed E-state index contributed by atoms with van der Waals surface area (Å²) in [6.45, 7) is -0.0337. The molecular formula is C16H19NO4. The molecule has 0 saturated carbocycles. The van der Waals surface area contributed by atoms with Gasteiger partial charge in [0.2, 0.25) is 0 Å². The average Bonchev–Trinajstić information content (AvgIpc) is 2.54. The fourth-order valence-electron chi connectivity index (χ4n) is 1.76. The summed E-state index contributed by atoms with van der Waals surface area (Å²) >= 11 is 0. The lowest BCUT2D eigenvalue weighted by molar-refractivity contribution is 0.105. The van der Waals surface area contributed by atoms with Gasteiger partial charge in [-0.05, 0) is 36.4 Å². The molecule has 5 heteroatoms. The number of hydrogen-bond donors (Lipinski definition) is 3. The van der Waals surface area contributed by atoms with Gasteiger partial charge in [-0.25, -0.2) is 0 Å². The van der Waals surface area contributed by atoms with Crippen LogP contribution in [0.3, 0.4) is 0 Å². The molecule has 2 aromatic rings. The maximum absolute atomic E-state index is 9.39. The van der Waals surface area contributed by atoms with E-state index >= 15 is 0 Å². The largest absolute Gasteiger partial charge is 0.497 e. The lowest BCUT2D eigenvalue weighted by Crippen LogP contribution is -2.23. The normalized spacial score (nSPS) is 11.8. The summed E-state index contributed by atoms with van der Waals surface area (Å²) in [5.41, 5.74) is 0.751. The summed E-state index contributed by atoms with van der Waals surface area (Å²) < 4.78 is 10.9. The molecule has 1 unspecified atom stereocenters. The Bertz CT molecular complexity index is 556. The van der Waals surface area contributed by atoms with Gasteiger partial charge >= 0.3 is 0 Å². The van der Waals surface area contributed by atoms with Crippen molar-refractivity contribution in [3.63, 3.8) is 0 Å². The second kappa shape index (κ2) is 7.52. The van der Waals surface area contributed by atoms with Crippen molar-refractivity contribution in [2.24, 2.45) is 0 Å². The number of hydrogen-bond acceptors (Lipinski definition) is 5. The van der Waals surface area contributed by atoms with Crippen molar-refractivity contribution in [1.29, 1.82) is 0 Å². The fraction of sp³-hybridized carbons (Fsp3) is 0.250. The van der Waals surface area contributed by atoms with Crippen LogP contribution >= 0.6 is 0 Å². The van der Waals surface area contributed by atoms with Crippen molar-refractivity contribution in [2.45, 2.75) is 6.10 Å². The molecule has 0 heterocycles. The molecule has 0 spiro atoms. The Kier molecular flexibility index (Phi) is 5.43. The third kappa shape index (κ3) is 4.37. The van der Waals surface area contributed by atoms with Crippen LogP contribution < -0.4 is 14.8 Å². The molecule has 0 amide bonds. The number of ether oxygens (including phenoxy) is 2. The number of methoxy groups -OCH3 is 1. The molecule has 21 heavy (non-hydrogen) atoms. The first kappa shape index (κ1) is 15.2. The predicted octanol–water partition coefficient (Wildman–Crippen LogP) is 2.25. The molecule has 5 nitrogen and oxygen atoms in total. The molecule has 3 N–H and O–H groups in total. The molecule has 0 saturated heterocycles. The van der Waals surface area contributed by atoms with Gasteiger partial charge in [-0.3, -0.25) is 0 Å². The maximum atomic E-state index is 9.39. The van der Waals surface area contributed by atoms with Crippen LogP contribution in [0, 0.1) is 0 Å². The van der Waals surface area contributed by atoms with Crippen LogP contribution in [0.1, 0.15) is 0 Å². The molecule has 0 radical (unpaired) electrons. The quantitative estimate of drug-likeness (QED) is 0.729. The van der Waals surface area contributed by atoms with E-state index in [1.807, 2.05) is 48.5 Å². The first-order chi connectivity index (χ1) is 10.2. The molecule has 0 aliphatic rings. The number of benzene rings is 2. The smallest absolute Gasteiger partial charge is 0.150 e. The van der Waals surface area contributed by atoms with Gasteiger partial charge in [0.05, 0.1) is 25.5 Å². The molecule has 112 valence electrons. The summed E-state index contributed by atoms with van der Waals surface area (Å²) in [7, 11) is 1.61. The van der Waals surface area contributed by atoms with Crippen LogP contribution in [-0.4, -0.2) is 36.6 Å². The van der Waals surface area contributed by atoms with Crippen molar-refractivity contribution in [3.05, 3.63) is 48.5 Å². The molecular weight excluding hydrogens is 270 g/mol. The molecule has 0 fully saturated rings. The van der Waals surface area contributed by atoms with Crippen LogP contribution in [0.2, 0.25) is 0 Å². The van der Waals surface area contributed by atoms with E-state index in [-0.39, 0.29) is 13.2 Å². The number of anilines is 1. The number of rotatable bonds is 7. The average molecular weight is 289 g/mol. The third-order valence-corrected chi connectivity index (χ3v) is 2.91. The Balaban J connectivity index is 2.08. The van der Waals surface area contributed by atoms with Crippen LogP contribution in [0.15, 0.2) is 48.5 Å². The molecule has 2 aromatic carbocycles. The summed E-state index contributed by atoms with van der Waals surface area (Å²) in [6, 6.07) is 14.7. The zero-order valence-electron chi connectivity index (χ0n) is 11.8. The topological polar surface area (TPSA) is 71.0 Å². The lowest BCUT2D eigenvalue weighted by atomic mass is 10.2. The van der Waals surface area contributed by atoms with Gasteiger partial charge < -0.3 is 25.0 Å². The first-order valence-corrected chi connectivity index (χ1v) is 6.66. The second-order valence-electron chi connectivity index (χ2n) is 4.49. The van der Waals surface area contributed by atoms with E-state index in [9.17, 15) is 5.11 Å². The van der Waals surface area contributed by atoms with E-state index in [4.69, 9.17) is 14.6 Å². The Morgan fingerprint density at radius 2 is 1.71 bits per heavy atom. The lowest BCUT2D eigenvalue weighted by Gasteiger charge is -2.14. The van der Waals surface area contributed by atoms with E-state index in [0.717, 1.165) is 11.4 Å². The van der Waals surface area contributed by atoms with E-state index in [0.29, 0.717) is 11.5 Å². The highest BCUT2D eigenvalue weighted by Gasteiger charge is 2.07. The van der Waals surface area contributed by atoms with Crippen LogP contribution in [0.5, 0.6) is 17.2 Å². The van der Waals surface area contributed by atoms with E-state index < -0.39 is 6.10 Å². The molecule has 0 aromatic heterocycles. The number of nitrogens with one attached hydrogen (secondary N) is 1. The Morgan fingerprint density at radius 3 is 2.38 bits per heavy atom. The highest BCUT2D eigenvalue weighted by Crippen LogP contribution is 2.30. The van der Waals surface area contributed by atoms with Crippen molar-refractivity contribution >= 4 is 5.69 Å². The number of para-hydroxylation sites is 2. The standard InChI is InChI=1S/C16H19NO4/c1-20-13-6-8-14(9-7-13)21-16-5-3-2-4-15(16)17-10-12(19)11-18/h2-9,12,17-19H,10-11H2,1H3. The summed E-state index contributed by atoms with van der Waals surface area (Å²) in [5.74, 6) is 2.10. The van der Waals surface area contributed by atoms with Gasteiger partial charge in [0, 0.05) is 6.54 Å². The summed E-state index contributed by atoms with van der Waals surface area (Å²) in [5, 5.41) is 21.3. The van der Waals surface area contributed by atoms with Crippen molar-refractivity contribution in [3.8, 4) is 17.2 Å². The first-order valence-electron chi connectivity index (χ1n) is 6.66. The third-order valence-electron chi connectivity index (χ3n) is 2.91. The number of aliphatic hydroxyl groups is 2. The SMILES string of the molecule is COc1ccc(Oc2ccccc2NCC(O)CO)cc1. The molecule has 0 aliphatic heterocycles. The highest BCUT2D eigenvalue weighted by atomic mass is 16.5. The van der Waals surface area contributed by atoms with Gasteiger partial charge in [0.25, 0.3) is 0 Å². The van der Waals surface area contributed by atoms with Crippen LogP contribution in [0.4, 0.5) is 5.69 Å². The minimum atomic E-state index is -0.806. The molecule has 0 bridgehead atoms. The summed E-state index contributed by atoms with van der Waals surface area (Å²) in [4.78, 5) is 0. The Morgan fingerprint density at radius 1 is 1.05 bits per heavy atom. The second-order valence-corrected chi connectivity index (χ2v) is 4.49. The maximum Gasteiger partial charge on any atom is 0.150 e. The van der Waals surface area contributed by atoms with E-state index in [1.54, 1.807) is 7.11 Å². The van der Waals surface area contributed by atoms with Crippen molar-refractivity contribution in [1.82, 2.24) is 0 Å². The van der Waals surface area contributed by atoms with Crippen LogP contribution in [-0.2, 0) is 0 Å². The van der Waals surface area contributed by atoms with Gasteiger partial charge in [-0.15, -0.1) is 0 Å². The zero-order valence-corrected chi connectivity index (χ0v) is 11.8.